The summed E-state index contributed by atoms with van der Waals surface area (Å²) in [5.74, 6) is 0.174. The van der Waals surface area contributed by atoms with Crippen LogP contribution in [0.2, 0.25) is 0 Å². The van der Waals surface area contributed by atoms with E-state index in [1.54, 1.807) is 0 Å². The van der Waals surface area contributed by atoms with E-state index in [1.165, 1.54) is 0 Å². The molecule has 0 aliphatic carbocycles. The Kier molecular flexibility index (Phi) is 5.62. The van der Waals surface area contributed by atoms with Crippen LogP contribution in [-0.2, 0) is 9.59 Å². The van der Waals surface area contributed by atoms with Crippen LogP contribution in [0.1, 0.15) is 46.0 Å². The highest BCUT2D eigenvalue weighted by molar-refractivity contribution is 5.82. The van der Waals surface area contributed by atoms with Crippen LogP contribution >= 0.6 is 0 Å². The van der Waals surface area contributed by atoms with E-state index >= 15 is 0 Å². The summed E-state index contributed by atoms with van der Waals surface area (Å²) in [6.07, 6.45) is 4.74. The maximum absolute atomic E-state index is 12.7. The SMILES string of the molecule is CC(C)C(=O)N1CCCC(C(=O)N2CCCCC2CO)C1. The molecular formula is C16H28N2O3. The fourth-order valence-electron chi connectivity index (χ4n) is 3.46. The molecule has 0 aromatic carbocycles. The molecule has 0 aromatic heterocycles. The molecule has 120 valence electrons. The fourth-order valence-corrected chi connectivity index (χ4v) is 3.46. The van der Waals surface area contributed by atoms with Gasteiger partial charge in [-0.15, -0.1) is 0 Å². The summed E-state index contributed by atoms with van der Waals surface area (Å²) in [5, 5.41) is 9.46. The van der Waals surface area contributed by atoms with Gasteiger partial charge < -0.3 is 14.9 Å². The summed E-state index contributed by atoms with van der Waals surface area (Å²) in [4.78, 5) is 28.6. The van der Waals surface area contributed by atoms with E-state index in [4.69, 9.17) is 0 Å². The van der Waals surface area contributed by atoms with Gasteiger partial charge in [0.15, 0.2) is 0 Å². The van der Waals surface area contributed by atoms with Gasteiger partial charge >= 0.3 is 0 Å². The van der Waals surface area contributed by atoms with Crippen molar-refractivity contribution in [3.63, 3.8) is 0 Å². The van der Waals surface area contributed by atoms with Crippen LogP contribution in [0.15, 0.2) is 0 Å². The molecule has 1 N–H and O–H groups in total. The molecule has 2 saturated heterocycles. The van der Waals surface area contributed by atoms with Crippen LogP contribution in [-0.4, -0.2) is 59.0 Å². The van der Waals surface area contributed by atoms with Crippen molar-refractivity contribution in [2.75, 3.05) is 26.2 Å². The van der Waals surface area contributed by atoms with E-state index in [-0.39, 0.29) is 36.3 Å². The number of amides is 2. The molecular weight excluding hydrogens is 268 g/mol. The first-order valence-electron chi connectivity index (χ1n) is 8.24. The third-order valence-corrected chi connectivity index (χ3v) is 4.70. The highest BCUT2D eigenvalue weighted by Crippen LogP contribution is 2.24. The molecule has 2 fully saturated rings. The number of carbonyl (C=O) groups is 2. The molecule has 2 atom stereocenters. The first-order chi connectivity index (χ1) is 10.0. The summed E-state index contributed by atoms with van der Waals surface area (Å²) in [5.41, 5.74) is 0. The minimum Gasteiger partial charge on any atom is -0.394 e. The number of hydrogen-bond acceptors (Lipinski definition) is 3. The van der Waals surface area contributed by atoms with Gasteiger partial charge in [-0.2, -0.15) is 0 Å². The maximum atomic E-state index is 12.7. The second-order valence-electron chi connectivity index (χ2n) is 6.64. The second kappa shape index (κ2) is 7.25. The Morgan fingerprint density at radius 2 is 1.90 bits per heavy atom. The minimum absolute atomic E-state index is 0.0148. The molecule has 0 radical (unpaired) electrons. The Balaban J connectivity index is 1.99. The Bertz CT molecular complexity index is 384. The Labute approximate surface area is 127 Å². The van der Waals surface area contributed by atoms with Crippen molar-refractivity contribution in [2.45, 2.75) is 52.0 Å². The Morgan fingerprint density at radius 1 is 1.14 bits per heavy atom. The molecule has 2 amide bonds. The number of nitrogens with zero attached hydrogens (tertiary/aromatic N) is 2. The van der Waals surface area contributed by atoms with E-state index in [9.17, 15) is 14.7 Å². The molecule has 0 spiro atoms. The molecule has 0 saturated carbocycles. The summed E-state index contributed by atoms with van der Waals surface area (Å²) in [7, 11) is 0. The molecule has 2 heterocycles. The molecule has 2 rings (SSSR count). The van der Waals surface area contributed by atoms with Crippen LogP contribution in [0.25, 0.3) is 0 Å². The number of carbonyl (C=O) groups excluding carboxylic acids is 2. The third-order valence-electron chi connectivity index (χ3n) is 4.70. The van der Waals surface area contributed by atoms with Crippen LogP contribution in [0.4, 0.5) is 0 Å². The van der Waals surface area contributed by atoms with Gasteiger partial charge in [0.2, 0.25) is 11.8 Å². The summed E-state index contributed by atoms with van der Waals surface area (Å²) in [6.45, 7) is 5.92. The normalized spacial score (nSPS) is 27.0. The molecule has 2 unspecified atom stereocenters. The Hall–Kier alpha value is -1.10. The lowest BCUT2D eigenvalue weighted by Gasteiger charge is -2.40. The summed E-state index contributed by atoms with van der Waals surface area (Å²) < 4.78 is 0. The van der Waals surface area contributed by atoms with Crippen molar-refractivity contribution in [3.8, 4) is 0 Å². The van der Waals surface area contributed by atoms with Gasteiger partial charge in [0.25, 0.3) is 0 Å². The molecule has 5 nitrogen and oxygen atoms in total. The highest BCUT2D eigenvalue weighted by atomic mass is 16.3. The molecule has 0 bridgehead atoms. The van der Waals surface area contributed by atoms with E-state index < -0.39 is 0 Å². The van der Waals surface area contributed by atoms with Crippen molar-refractivity contribution in [1.29, 1.82) is 0 Å². The van der Waals surface area contributed by atoms with E-state index in [1.807, 2.05) is 23.6 Å². The van der Waals surface area contributed by atoms with Gasteiger partial charge in [0, 0.05) is 25.6 Å². The quantitative estimate of drug-likeness (QED) is 0.853. The van der Waals surface area contributed by atoms with Gasteiger partial charge in [-0.05, 0) is 32.1 Å². The minimum atomic E-state index is -0.0893. The monoisotopic (exact) mass is 296 g/mol. The molecule has 5 heteroatoms. The number of likely N-dealkylation sites (tertiary alicyclic amines) is 2. The zero-order valence-corrected chi connectivity index (χ0v) is 13.3. The topological polar surface area (TPSA) is 60.9 Å². The number of rotatable bonds is 3. The predicted octanol–water partition coefficient (Wildman–Crippen LogP) is 1.25. The van der Waals surface area contributed by atoms with Crippen LogP contribution in [0.3, 0.4) is 0 Å². The molecule has 2 aliphatic rings. The third kappa shape index (κ3) is 3.76. The highest BCUT2D eigenvalue weighted by Gasteiger charge is 2.35. The molecule has 2 aliphatic heterocycles. The Morgan fingerprint density at radius 3 is 2.57 bits per heavy atom. The lowest BCUT2D eigenvalue weighted by molar-refractivity contribution is -0.145. The fraction of sp³-hybridized carbons (Fsp3) is 0.875. The predicted molar refractivity (Wildman–Crippen MR) is 80.6 cm³/mol. The van der Waals surface area contributed by atoms with Crippen molar-refractivity contribution >= 4 is 11.8 Å². The zero-order chi connectivity index (χ0) is 15.4. The van der Waals surface area contributed by atoms with Crippen LogP contribution in [0.5, 0.6) is 0 Å². The largest absolute Gasteiger partial charge is 0.394 e. The van der Waals surface area contributed by atoms with Crippen LogP contribution < -0.4 is 0 Å². The summed E-state index contributed by atoms with van der Waals surface area (Å²) in [6, 6.07) is -0.0255. The van der Waals surface area contributed by atoms with Gasteiger partial charge in [-0.25, -0.2) is 0 Å². The molecule has 0 aromatic rings. The van der Waals surface area contributed by atoms with Crippen molar-refractivity contribution in [3.05, 3.63) is 0 Å². The zero-order valence-electron chi connectivity index (χ0n) is 13.3. The maximum Gasteiger partial charge on any atom is 0.227 e. The lowest BCUT2D eigenvalue weighted by Crippen LogP contribution is -2.52. The summed E-state index contributed by atoms with van der Waals surface area (Å²) >= 11 is 0. The van der Waals surface area contributed by atoms with Gasteiger partial charge in [-0.3, -0.25) is 9.59 Å². The van der Waals surface area contributed by atoms with Gasteiger partial charge in [0.1, 0.15) is 0 Å². The lowest BCUT2D eigenvalue weighted by atomic mass is 9.93. The van der Waals surface area contributed by atoms with Gasteiger partial charge in [0.05, 0.1) is 18.6 Å². The van der Waals surface area contributed by atoms with Crippen LogP contribution in [0, 0.1) is 11.8 Å². The molecule has 21 heavy (non-hydrogen) atoms. The van der Waals surface area contributed by atoms with E-state index in [0.717, 1.165) is 45.2 Å². The number of aliphatic hydroxyl groups excluding tert-OH is 1. The van der Waals surface area contributed by atoms with E-state index in [2.05, 4.69) is 0 Å². The first-order valence-corrected chi connectivity index (χ1v) is 8.24. The van der Waals surface area contributed by atoms with Crippen molar-refractivity contribution < 1.29 is 14.7 Å². The average molecular weight is 296 g/mol. The average Bonchev–Trinajstić information content (AvgIpc) is 2.53. The smallest absolute Gasteiger partial charge is 0.227 e. The van der Waals surface area contributed by atoms with Gasteiger partial charge in [-0.1, -0.05) is 13.8 Å². The number of piperidine rings is 2. The number of aliphatic hydroxyl groups is 1. The van der Waals surface area contributed by atoms with E-state index in [0.29, 0.717) is 6.54 Å². The second-order valence-corrected chi connectivity index (χ2v) is 6.64. The van der Waals surface area contributed by atoms with Crippen molar-refractivity contribution in [1.82, 2.24) is 9.80 Å². The number of hydrogen-bond donors (Lipinski definition) is 1. The first kappa shape index (κ1) is 16.3. The van der Waals surface area contributed by atoms with Crippen molar-refractivity contribution in [2.24, 2.45) is 11.8 Å². The standard InChI is InChI=1S/C16H28N2O3/c1-12(2)15(20)17-8-5-6-13(10-17)16(21)18-9-4-3-7-14(18)11-19/h12-14,19H,3-11H2,1-2H3.